The van der Waals surface area contributed by atoms with Crippen molar-refractivity contribution in [2.75, 3.05) is 24.4 Å². The number of rotatable bonds is 8. The third kappa shape index (κ3) is 7.49. The fourth-order valence-electron chi connectivity index (χ4n) is 2.88. The number of hydrogen-bond acceptors (Lipinski definition) is 5. The second-order valence-corrected chi connectivity index (χ2v) is 8.74. The van der Waals surface area contributed by atoms with Crippen molar-refractivity contribution < 1.29 is 19.1 Å². The van der Waals surface area contributed by atoms with Gasteiger partial charge in [-0.2, -0.15) is 5.26 Å². The zero-order chi connectivity index (χ0) is 25.4. The molecule has 0 aliphatic rings. The molecule has 0 heterocycles. The van der Waals surface area contributed by atoms with E-state index in [1.807, 2.05) is 6.07 Å². The number of benzene rings is 3. The molecule has 0 aliphatic heterocycles. The van der Waals surface area contributed by atoms with Gasteiger partial charge in [0, 0.05) is 21.4 Å². The Morgan fingerprint density at radius 1 is 1.00 bits per heavy atom. The highest BCUT2D eigenvalue weighted by Gasteiger charge is 2.15. The molecular weight excluding hydrogens is 557 g/mol. The van der Waals surface area contributed by atoms with Gasteiger partial charge in [-0.25, -0.2) is 0 Å². The molecule has 0 aliphatic carbocycles. The lowest BCUT2D eigenvalue weighted by molar-refractivity contribution is -0.118. The van der Waals surface area contributed by atoms with Crippen molar-refractivity contribution in [1.29, 1.82) is 5.26 Å². The van der Waals surface area contributed by atoms with Crippen LogP contribution in [0.15, 0.2) is 70.7 Å². The molecule has 0 unspecified atom stereocenters. The summed E-state index contributed by atoms with van der Waals surface area (Å²) in [6, 6.07) is 18.3. The van der Waals surface area contributed by atoms with Gasteiger partial charge >= 0.3 is 0 Å². The highest BCUT2D eigenvalue weighted by Crippen LogP contribution is 2.37. The summed E-state index contributed by atoms with van der Waals surface area (Å²) in [4.78, 5) is 24.8. The van der Waals surface area contributed by atoms with Gasteiger partial charge in [-0.15, -0.1) is 0 Å². The van der Waals surface area contributed by atoms with Crippen LogP contribution in [0.3, 0.4) is 0 Å². The third-order valence-electron chi connectivity index (χ3n) is 4.51. The molecule has 0 saturated carbocycles. The maximum atomic E-state index is 12.5. The summed E-state index contributed by atoms with van der Waals surface area (Å²) in [6.07, 6.45) is 1.41. The topological polar surface area (TPSA) is 100 Å². The van der Waals surface area contributed by atoms with Crippen molar-refractivity contribution in [3.63, 3.8) is 0 Å². The lowest BCUT2D eigenvalue weighted by Crippen LogP contribution is -2.20. The number of carbonyl (C=O) groups excluding carboxylic acids is 2. The number of amides is 2. The molecule has 0 atom stereocenters. The Hall–Kier alpha value is -3.51. The smallest absolute Gasteiger partial charge is 0.266 e. The highest BCUT2D eigenvalue weighted by atomic mass is 79.9. The fourth-order valence-corrected chi connectivity index (χ4v) is 3.70. The number of nitrogens with one attached hydrogen (secondary N) is 2. The summed E-state index contributed by atoms with van der Waals surface area (Å²) in [5, 5.41) is 15.9. The minimum atomic E-state index is -0.580. The predicted octanol–water partition coefficient (Wildman–Crippen LogP) is 6.33. The van der Waals surface area contributed by atoms with E-state index in [1.54, 1.807) is 60.7 Å². The van der Waals surface area contributed by atoms with E-state index < -0.39 is 5.91 Å². The van der Waals surface area contributed by atoms with Gasteiger partial charge in [0.25, 0.3) is 11.8 Å². The van der Waals surface area contributed by atoms with Gasteiger partial charge in [0.2, 0.25) is 0 Å². The number of halogens is 3. The molecule has 3 aromatic carbocycles. The zero-order valence-electron chi connectivity index (χ0n) is 18.3. The summed E-state index contributed by atoms with van der Waals surface area (Å²) in [5.41, 5.74) is 1.47. The molecule has 0 bridgehead atoms. The SMILES string of the molecule is COc1cc(/C=C(\C#N)C(=O)Nc2ccc(Cl)cc2)cc(Br)c1OCC(=O)Nc1ccc(Cl)cc1. The summed E-state index contributed by atoms with van der Waals surface area (Å²) >= 11 is 15.1. The molecule has 0 spiro atoms. The van der Waals surface area contributed by atoms with E-state index >= 15 is 0 Å². The summed E-state index contributed by atoms with van der Waals surface area (Å²) in [6.45, 7) is -0.278. The van der Waals surface area contributed by atoms with E-state index in [9.17, 15) is 14.9 Å². The summed E-state index contributed by atoms with van der Waals surface area (Å²) < 4.78 is 11.5. The number of nitriles is 1. The van der Waals surface area contributed by atoms with Gasteiger partial charge in [-0.1, -0.05) is 23.2 Å². The Morgan fingerprint density at radius 2 is 1.57 bits per heavy atom. The molecule has 0 aromatic heterocycles. The van der Waals surface area contributed by atoms with Crippen LogP contribution in [0.4, 0.5) is 11.4 Å². The molecule has 3 aromatic rings. The highest BCUT2D eigenvalue weighted by molar-refractivity contribution is 9.10. The van der Waals surface area contributed by atoms with E-state index in [0.717, 1.165) is 0 Å². The van der Waals surface area contributed by atoms with Gasteiger partial charge in [-0.3, -0.25) is 9.59 Å². The minimum absolute atomic E-state index is 0.120. The normalized spacial score (nSPS) is 10.8. The van der Waals surface area contributed by atoms with Gasteiger partial charge < -0.3 is 20.1 Å². The fraction of sp³-hybridized carbons (Fsp3) is 0.0800. The predicted molar refractivity (Wildman–Crippen MR) is 140 cm³/mol. The maximum absolute atomic E-state index is 12.5. The molecule has 35 heavy (non-hydrogen) atoms. The van der Waals surface area contributed by atoms with Crippen LogP contribution in [-0.2, 0) is 9.59 Å². The lowest BCUT2D eigenvalue weighted by Gasteiger charge is -2.14. The molecule has 0 saturated heterocycles. The van der Waals surface area contributed by atoms with Gasteiger partial charge in [0.05, 0.1) is 11.6 Å². The first-order valence-corrected chi connectivity index (χ1v) is 11.6. The maximum Gasteiger partial charge on any atom is 0.266 e. The van der Waals surface area contributed by atoms with E-state index in [2.05, 4.69) is 26.6 Å². The first-order chi connectivity index (χ1) is 16.8. The molecule has 0 fully saturated rings. The van der Waals surface area contributed by atoms with Crippen LogP contribution in [0.5, 0.6) is 11.5 Å². The molecule has 10 heteroatoms. The van der Waals surface area contributed by atoms with Gasteiger partial charge in [-0.05, 0) is 88.2 Å². The van der Waals surface area contributed by atoms with Crippen LogP contribution >= 0.6 is 39.1 Å². The molecule has 3 rings (SSSR count). The van der Waals surface area contributed by atoms with Gasteiger partial charge in [0.15, 0.2) is 18.1 Å². The third-order valence-corrected chi connectivity index (χ3v) is 5.60. The van der Waals surface area contributed by atoms with Crippen LogP contribution in [-0.4, -0.2) is 25.5 Å². The van der Waals surface area contributed by atoms with E-state index in [1.165, 1.54) is 13.2 Å². The van der Waals surface area contributed by atoms with E-state index in [0.29, 0.717) is 43.0 Å². The average molecular weight is 575 g/mol. The van der Waals surface area contributed by atoms with Crippen molar-refractivity contribution in [2.45, 2.75) is 0 Å². The number of hydrogen-bond donors (Lipinski definition) is 2. The lowest BCUT2D eigenvalue weighted by atomic mass is 10.1. The Kier molecular flexibility index (Phi) is 9.15. The van der Waals surface area contributed by atoms with E-state index in [4.69, 9.17) is 32.7 Å². The average Bonchev–Trinajstić information content (AvgIpc) is 2.84. The van der Waals surface area contributed by atoms with Crippen molar-refractivity contribution in [3.05, 3.63) is 86.3 Å². The van der Waals surface area contributed by atoms with Crippen LogP contribution in [0.1, 0.15) is 5.56 Å². The number of methoxy groups -OCH3 is 1. The van der Waals surface area contributed by atoms with E-state index in [-0.39, 0.29) is 18.1 Å². The Balaban J connectivity index is 1.72. The van der Waals surface area contributed by atoms with Crippen LogP contribution in [0.2, 0.25) is 10.0 Å². The van der Waals surface area contributed by atoms with Crippen LogP contribution < -0.4 is 20.1 Å². The van der Waals surface area contributed by atoms with Crippen molar-refractivity contribution in [3.8, 4) is 17.6 Å². The standard InChI is InChI=1S/C25H18BrCl2N3O4/c1-34-22-12-15(10-16(13-29)25(33)31-20-8-4-18(28)5-9-20)11-21(26)24(22)35-14-23(32)30-19-6-2-17(27)3-7-19/h2-12H,14H2,1H3,(H,30,32)(H,31,33)/b16-10+. The second-order valence-electron chi connectivity index (χ2n) is 7.01. The largest absolute Gasteiger partial charge is 0.493 e. The summed E-state index contributed by atoms with van der Waals surface area (Å²) in [7, 11) is 1.44. The first kappa shape index (κ1) is 26.1. The quantitative estimate of drug-likeness (QED) is 0.242. The first-order valence-electron chi connectivity index (χ1n) is 10.0. The molecule has 178 valence electrons. The minimum Gasteiger partial charge on any atom is -0.493 e. The number of anilines is 2. The molecule has 2 N–H and O–H groups in total. The summed E-state index contributed by atoms with van der Waals surface area (Å²) in [5.74, 6) is -0.361. The second kappa shape index (κ2) is 12.3. The Morgan fingerprint density at radius 3 is 2.11 bits per heavy atom. The zero-order valence-corrected chi connectivity index (χ0v) is 21.4. The number of nitrogens with zero attached hydrogens (tertiary/aromatic N) is 1. The molecule has 7 nitrogen and oxygen atoms in total. The van der Waals surface area contributed by atoms with Crippen molar-refractivity contribution in [2.24, 2.45) is 0 Å². The Labute approximate surface area is 220 Å². The van der Waals surface area contributed by atoms with Crippen LogP contribution in [0.25, 0.3) is 6.08 Å². The monoisotopic (exact) mass is 573 g/mol. The molecule has 0 radical (unpaired) electrons. The van der Waals surface area contributed by atoms with Gasteiger partial charge in [0.1, 0.15) is 11.6 Å². The molecule has 2 amide bonds. The Bertz CT molecular complexity index is 1300. The van der Waals surface area contributed by atoms with Crippen molar-refractivity contribution in [1.82, 2.24) is 0 Å². The number of carbonyl (C=O) groups is 2. The molecular formula is C25H18BrCl2N3O4. The van der Waals surface area contributed by atoms with Crippen molar-refractivity contribution >= 4 is 68.4 Å². The van der Waals surface area contributed by atoms with Crippen LogP contribution in [0, 0.1) is 11.3 Å². The number of ether oxygens (including phenoxy) is 2.